The molecule has 1 aliphatic rings. The number of hydrogen-bond acceptors (Lipinski definition) is 7. The number of methoxy groups -OCH3 is 1. The summed E-state index contributed by atoms with van der Waals surface area (Å²) in [4.78, 5) is 23.0. The van der Waals surface area contributed by atoms with Crippen LogP contribution in [0.2, 0.25) is 0 Å². The average molecular weight is 407 g/mol. The summed E-state index contributed by atoms with van der Waals surface area (Å²) in [6, 6.07) is 11.3. The van der Waals surface area contributed by atoms with E-state index in [-0.39, 0.29) is 18.0 Å². The van der Waals surface area contributed by atoms with Crippen LogP contribution in [0.3, 0.4) is 0 Å². The van der Waals surface area contributed by atoms with E-state index in [9.17, 15) is 4.79 Å². The Bertz CT molecular complexity index is 966. The molecule has 1 atom stereocenters. The zero-order chi connectivity index (χ0) is 20.9. The van der Waals surface area contributed by atoms with Crippen molar-refractivity contribution in [2.45, 2.75) is 31.8 Å². The zero-order valence-electron chi connectivity index (χ0n) is 17.1. The van der Waals surface area contributed by atoms with Gasteiger partial charge in [0.05, 0.1) is 18.7 Å². The Balaban J connectivity index is 1.31. The zero-order valence-corrected chi connectivity index (χ0v) is 17.1. The van der Waals surface area contributed by atoms with Crippen molar-refractivity contribution in [1.29, 1.82) is 0 Å². The topological polar surface area (TPSA) is 93.4 Å². The number of carbonyl (C=O) groups is 1. The first-order valence-corrected chi connectivity index (χ1v) is 10.1. The van der Waals surface area contributed by atoms with E-state index in [0.29, 0.717) is 30.4 Å². The molecule has 3 heterocycles. The number of likely N-dealkylation sites (tertiary alicyclic amines) is 1. The highest BCUT2D eigenvalue weighted by molar-refractivity contribution is 5.93. The third kappa shape index (κ3) is 4.49. The number of benzene rings is 1. The third-order valence-corrected chi connectivity index (χ3v) is 5.34. The Hall–Kier alpha value is -3.26. The second-order valence-corrected chi connectivity index (χ2v) is 7.38. The van der Waals surface area contributed by atoms with Crippen LogP contribution in [-0.2, 0) is 0 Å². The minimum absolute atomic E-state index is 0.0376. The fraction of sp³-hybridized carbons (Fsp3) is 0.364. The number of pyridine rings is 1. The quantitative estimate of drug-likeness (QED) is 0.671. The van der Waals surface area contributed by atoms with Gasteiger partial charge in [-0.3, -0.25) is 9.78 Å². The summed E-state index contributed by atoms with van der Waals surface area (Å²) in [5.41, 5.74) is 1.51. The summed E-state index contributed by atoms with van der Waals surface area (Å²) < 4.78 is 10.6. The van der Waals surface area contributed by atoms with E-state index in [1.54, 1.807) is 31.6 Å². The Kier molecular flexibility index (Phi) is 6.04. The van der Waals surface area contributed by atoms with E-state index in [1.807, 2.05) is 36.1 Å². The molecule has 1 unspecified atom stereocenters. The van der Waals surface area contributed by atoms with Crippen molar-refractivity contribution >= 4 is 5.91 Å². The fourth-order valence-electron chi connectivity index (χ4n) is 3.61. The van der Waals surface area contributed by atoms with Crippen LogP contribution in [-0.4, -0.2) is 52.2 Å². The molecule has 1 aromatic carbocycles. The van der Waals surface area contributed by atoms with Crippen LogP contribution < -0.4 is 10.1 Å². The molecule has 4 rings (SSSR count). The standard InChI is InChI=1S/C22H25N5O3/c1-15(21-25-20(26-30-21)16-5-7-19(29-2)8-6-16)24-18-9-12-27(13-10-18)22(28)17-4-3-11-23-14-17/h3-8,11,14-15,18,24H,9-10,12-13H2,1-2H3. The first kappa shape index (κ1) is 20.0. The molecule has 0 spiro atoms. The number of hydrogen-bond donors (Lipinski definition) is 1. The molecular formula is C22H25N5O3. The monoisotopic (exact) mass is 407 g/mol. The van der Waals surface area contributed by atoms with E-state index in [0.717, 1.165) is 24.2 Å². The largest absolute Gasteiger partial charge is 0.497 e. The average Bonchev–Trinajstić information content (AvgIpc) is 3.30. The van der Waals surface area contributed by atoms with Gasteiger partial charge in [-0.1, -0.05) is 5.16 Å². The Morgan fingerprint density at radius 3 is 2.67 bits per heavy atom. The van der Waals surface area contributed by atoms with Gasteiger partial charge < -0.3 is 19.5 Å². The molecule has 0 saturated carbocycles. The normalized spacial score (nSPS) is 15.7. The predicted octanol–water partition coefficient (Wildman–Crippen LogP) is 3.10. The second-order valence-electron chi connectivity index (χ2n) is 7.38. The fourth-order valence-corrected chi connectivity index (χ4v) is 3.61. The van der Waals surface area contributed by atoms with E-state index >= 15 is 0 Å². The van der Waals surface area contributed by atoms with Crippen LogP contribution in [0.25, 0.3) is 11.4 Å². The van der Waals surface area contributed by atoms with Crippen molar-refractivity contribution in [2.75, 3.05) is 20.2 Å². The Morgan fingerprint density at radius 1 is 1.23 bits per heavy atom. The Labute approximate surface area is 175 Å². The van der Waals surface area contributed by atoms with E-state index < -0.39 is 0 Å². The van der Waals surface area contributed by atoms with Gasteiger partial charge in [-0.2, -0.15) is 4.98 Å². The molecule has 1 saturated heterocycles. The first-order chi connectivity index (χ1) is 14.6. The van der Waals surface area contributed by atoms with Crippen LogP contribution in [0.15, 0.2) is 53.3 Å². The molecule has 0 bridgehead atoms. The number of nitrogens with one attached hydrogen (secondary N) is 1. The van der Waals surface area contributed by atoms with Gasteiger partial charge in [0.2, 0.25) is 11.7 Å². The van der Waals surface area contributed by atoms with E-state index in [4.69, 9.17) is 9.26 Å². The van der Waals surface area contributed by atoms with Gasteiger partial charge in [0.1, 0.15) is 5.75 Å². The lowest BCUT2D eigenvalue weighted by Gasteiger charge is -2.33. The molecule has 2 aromatic heterocycles. The lowest BCUT2D eigenvalue weighted by molar-refractivity contribution is 0.0700. The smallest absolute Gasteiger partial charge is 0.255 e. The molecule has 0 radical (unpaired) electrons. The maximum absolute atomic E-state index is 12.6. The summed E-state index contributed by atoms with van der Waals surface area (Å²) in [5, 5.41) is 7.65. The molecule has 8 heteroatoms. The van der Waals surface area contributed by atoms with Gasteiger partial charge in [0.15, 0.2) is 0 Å². The third-order valence-electron chi connectivity index (χ3n) is 5.34. The number of rotatable bonds is 6. The van der Waals surface area contributed by atoms with Gasteiger partial charge in [0.25, 0.3) is 5.91 Å². The first-order valence-electron chi connectivity index (χ1n) is 10.1. The minimum atomic E-state index is -0.0740. The molecule has 1 N–H and O–H groups in total. The van der Waals surface area contributed by atoms with Crippen LogP contribution in [0.1, 0.15) is 42.1 Å². The number of amides is 1. The molecule has 8 nitrogen and oxygen atoms in total. The molecule has 3 aromatic rings. The number of aromatic nitrogens is 3. The Morgan fingerprint density at radius 2 is 2.00 bits per heavy atom. The van der Waals surface area contributed by atoms with Crippen LogP contribution >= 0.6 is 0 Å². The van der Waals surface area contributed by atoms with Crippen LogP contribution in [0, 0.1) is 0 Å². The van der Waals surface area contributed by atoms with Crippen molar-refractivity contribution in [3.63, 3.8) is 0 Å². The highest BCUT2D eigenvalue weighted by Crippen LogP contribution is 2.23. The summed E-state index contributed by atoms with van der Waals surface area (Å²) in [6.45, 7) is 3.43. The minimum Gasteiger partial charge on any atom is -0.497 e. The molecule has 0 aliphatic carbocycles. The number of ether oxygens (including phenoxy) is 1. The number of piperidine rings is 1. The summed E-state index contributed by atoms with van der Waals surface area (Å²) in [5.74, 6) is 1.93. The molecular weight excluding hydrogens is 382 g/mol. The number of nitrogens with zero attached hydrogens (tertiary/aromatic N) is 4. The van der Waals surface area contributed by atoms with Crippen LogP contribution in [0.5, 0.6) is 5.75 Å². The molecule has 156 valence electrons. The second kappa shape index (κ2) is 9.04. The van der Waals surface area contributed by atoms with Crippen molar-refractivity contribution < 1.29 is 14.1 Å². The molecule has 1 aliphatic heterocycles. The molecule has 30 heavy (non-hydrogen) atoms. The molecule has 1 fully saturated rings. The predicted molar refractivity (Wildman–Crippen MR) is 111 cm³/mol. The molecule has 1 amide bonds. The van der Waals surface area contributed by atoms with Gasteiger partial charge in [-0.05, 0) is 56.2 Å². The van der Waals surface area contributed by atoms with E-state index in [2.05, 4.69) is 20.4 Å². The lowest BCUT2D eigenvalue weighted by Crippen LogP contribution is -2.45. The van der Waals surface area contributed by atoms with Gasteiger partial charge in [0, 0.05) is 37.1 Å². The van der Waals surface area contributed by atoms with Gasteiger partial charge in [-0.15, -0.1) is 0 Å². The lowest BCUT2D eigenvalue weighted by atomic mass is 10.0. The van der Waals surface area contributed by atoms with E-state index in [1.165, 1.54) is 0 Å². The highest BCUT2D eigenvalue weighted by atomic mass is 16.5. The van der Waals surface area contributed by atoms with Gasteiger partial charge >= 0.3 is 0 Å². The summed E-state index contributed by atoms with van der Waals surface area (Å²) >= 11 is 0. The van der Waals surface area contributed by atoms with Gasteiger partial charge in [-0.25, -0.2) is 0 Å². The van der Waals surface area contributed by atoms with Crippen molar-refractivity contribution in [2.24, 2.45) is 0 Å². The maximum atomic E-state index is 12.6. The summed E-state index contributed by atoms with van der Waals surface area (Å²) in [6.07, 6.45) is 5.03. The SMILES string of the molecule is COc1ccc(-c2noc(C(C)NC3CCN(C(=O)c4cccnc4)CC3)n2)cc1. The van der Waals surface area contributed by atoms with Crippen LogP contribution in [0.4, 0.5) is 0 Å². The van der Waals surface area contributed by atoms with Crippen molar-refractivity contribution in [1.82, 2.24) is 25.3 Å². The number of carbonyl (C=O) groups excluding carboxylic acids is 1. The highest BCUT2D eigenvalue weighted by Gasteiger charge is 2.26. The maximum Gasteiger partial charge on any atom is 0.255 e. The summed E-state index contributed by atoms with van der Waals surface area (Å²) in [7, 11) is 1.63. The van der Waals surface area contributed by atoms with Crippen molar-refractivity contribution in [3.8, 4) is 17.1 Å². The van der Waals surface area contributed by atoms with Crippen molar-refractivity contribution in [3.05, 3.63) is 60.2 Å².